The second kappa shape index (κ2) is 7.50. The maximum Gasteiger partial charge on any atom is 0.262 e. The average Bonchev–Trinajstić information content (AvgIpc) is 3.55. The van der Waals surface area contributed by atoms with Crippen molar-refractivity contribution in [1.82, 2.24) is 14.8 Å². The van der Waals surface area contributed by atoms with Crippen molar-refractivity contribution in [3.05, 3.63) is 39.9 Å². The van der Waals surface area contributed by atoms with E-state index in [-0.39, 0.29) is 17.0 Å². The SMILES string of the molecule is O=C(c1cn(C2CC2)c2cc(N3CCNCC3)c(F)cc2c1=O)N(CO)CO. The lowest BCUT2D eigenvalue weighted by molar-refractivity contribution is 0.0238. The summed E-state index contributed by atoms with van der Waals surface area (Å²) in [4.78, 5) is 28.2. The molecule has 1 aliphatic carbocycles. The Balaban J connectivity index is 1.88. The first-order chi connectivity index (χ1) is 13.5. The van der Waals surface area contributed by atoms with E-state index in [1.54, 1.807) is 6.07 Å². The fourth-order valence-corrected chi connectivity index (χ4v) is 3.66. The number of benzene rings is 1. The van der Waals surface area contributed by atoms with Gasteiger partial charge in [0.2, 0.25) is 5.43 Å². The molecule has 2 aliphatic rings. The number of hydrogen-bond donors (Lipinski definition) is 3. The number of pyridine rings is 1. The largest absolute Gasteiger partial charge is 0.376 e. The third-order valence-corrected chi connectivity index (χ3v) is 5.36. The summed E-state index contributed by atoms with van der Waals surface area (Å²) in [6.45, 7) is 1.44. The summed E-state index contributed by atoms with van der Waals surface area (Å²) in [5.41, 5.74) is 0.263. The van der Waals surface area contributed by atoms with E-state index in [4.69, 9.17) is 0 Å². The Hall–Kier alpha value is -2.49. The van der Waals surface area contributed by atoms with Crippen LogP contribution in [0.15, 0.2) is 23.1 Å². The smallest absolute Gasteiger partial charge is 0.262 e. The molecule has 1 amide bonds. The van der Waals surface area contributed by atoms with Crippen molar-refractivity contribution in [2.24, 2.45) is 0 Å². The first kappa shape index (κ1) is 18.9. The summed E-state index contributed by atoms with van der Waals surface area (Å²) < 4.78 is 16.7. The molecule has 0 spiro atoms. The van der Waals surface area contributed by atoms with Crippen molar-refractivity contribution < 1.29 is 19.4 Å². The lowest BCUT2D eigenvalue weighted by Crippen LogP contribution is -2.44. The van der Waals surface area contributed by atoms with Crippen LogP contribution in [0.2, 0.25) is 0 Å². The van der Waals surface area contributed by atoms with E-state index in [0.717, 1.165) is 30.8 Å². The van der Waals surface area contributed by atoms with Crippen LogP contribution >= 0.6 is 0 Å². The molecule has 150 valence electrons. The van der Waals surface area contributed by atoms with Gasteiger partial charge in [-0.1, -0.05) is 0 Å². The van der Waals surface area contributed by atoms with E-state index in [1.165, 1.54) is 12.3 Å². The number of nitrogens with one attached hydrogen (secondary N) is 1. The molecule has 0 radical (unpaired) electrons. The van der Waals surface area contributed by atoms with Gasteiger partial charge in [-0.15, -0.1) is 0 Å². The number of carbonyl (C=O) groups is 1. The van der Waals surface area contributed by atoms with Crippen LogP contribution in [0.4, 0.5) is 10.1 Å². The minimum absolute atomic E-state index is 0.130. The van der Waals surface area contributed by atoms with Crippen LogP contribution in [0, 0.1) is 5.82 Å². The molecule has 0 atom stereocenters. The molecule has 28 heavy (non-hydrogen) atoms. The Kier molecular flexibility index (Phi) is 5.05. The number of piperazine rings is 1. The molecule has 0 bridgehead atoms. The normalized spacial score (nSPS) is 17.2. The first-order valence-electron chi connectivity index (χ1n) is 9.40. The molecule has 1 aliphatic heterocycles. The van der Waals surface area contributed by atoms with Gasteiger partial charge in [0.25, 0.3) is 5.91 Å². The Bertz CT molecular complexity index is 963. The van der Waals surface area contributed by atoms with Crippen molar-refractivity contribution in [3.8, 4) is 0 Å². The van der Waals surface area contributed by atoms with Crippen LogP contribution in [-0.2, 0) is 0 Å². The highest BCUT2D eigenvalue weighted by atomic mass is 19.1. The van der Waals surface area contributed by atoms with Crippen molar-refractivity contribution in [2.75, 3.05) is 44.5 Å². The van der Waals surface area contributed by atoms with Gasteiger partial charge in [0.15, 0.2) is 0 Å². The number of halogens is 1. The number of carbonyl (C=O) groups excluding carboxylic acids is 1. The van der Waals surface area contributed by atoms with Gasteiger partial charge in [-0.05, 0) is 25.0 Å². The summed E-state index contributed by atoms with van der Waals surface area (Å²) in [7, 11) is 0. The summed E-state index contributed by atoms with van der Waals surface area (Å²) in [5.74, 6) is -1.28. The fourth-order valence-electron chi connectivity index (χ4n) is 3.66. The molecule has 1 aromatic heterocycles. The van der Waals surface area contributed by atoms with Gasteiger partial charge in [-0.3, -0.25) is 14.5 Å². The number of aromatic nitrogens is 1. The van der Waals surface area contributed by atoms with Crippen LogP contribution in [0.25, 0.3) is 10.9 Å². The highest BCUT2D eigenvalue weighted by Gasteiger charge is 2.29. The van der Waals surface area contributed by atoms with Crippen molar-refractivity contribution >= 4 is 22.5 Å². The van der Waals surface area contributed by atoms with Gasteiger partial charge in [-0.25, -0.2) is 4.39 Å². The van der Waals surface area contributed by atoms with Crippen molar-refractivity contribution in [1.29, 1.82) is 0 Å². The van der Waals surface area contributed by atoms with E-state index < -0.39 is 30.6 Å². The molecule has 2 fully saturated rings. The summed E-state index contributed by atoms with van der Waals surface area (Å²) in [6.07, 6.45) is 3.30. The minimum atomic E-state index is -0.780. The van der Waals surface area contributed by atoms with E-state index in [0.29, 0.717) is 24.3 Å². The number of nitrogens with zero attached hydrogens (tertiary/aromatic N) is 3. The topological polar surface area (TPSA) is 98.0 Å². The zero-order valence-electron chi connectivity index (χ0n) is 15.4. The predicted molar refractivity (Wildman–Crippen MR) is 102 cm³/mol. The highest BCUT2D eigenvalue weighted by Crippen LogP contribution is 2.38. The molecule has 2 heterocycles. The molecule has 1 saturated heterocycles. The molecule has 1 aromatic carbocycles. The van der Waals surface area contributed by atoms with Crippen LogP contribution < -0.4 is 15.6 Å². The Morgan fingerprint density at radius 1 is 1.21 bits per heavy atom. The molecular weight excluding hydrogens is 367 g/mol. The third kappa shape index (κ3) is 3.25. The third-order valence-electron chi connectivity index (χ3n) is 5.36. The van der Waals surface area contributed by atoms with Gasteiger partial charge < -0.3 is 25.0 Å². The van der Waals surface area contributed by atoms with Crippen molar-refractivity contribution in [2.45, 2.75) is 18.9 Å². The standard InChI is InChI=1S/C19H23FN4O4/c20-15-7-13-16(8-17(15)22-5-3-21-4-6-22)24(12-1-2-12)9-14(18(13)27)19(28)23(10-25)11-26/h7-9,12,21,25-26H,1-6,10-11H2. The number of rotatable bonds is 5. The highest BCUT2D eigenvalue weighted by molar-refractivity contribution is 5.97. The summed E-state index contributed by atoms with van der Waals surface area (Å²) >= 11 is 0. The number of fused-ring (bicyclic) bond motifs is 1. The van der Waals surface area contributed by atoms with Gasteiger partial charge in [0.1, 0.15) is 24.8 Å². The van der Waals surface area contributed by atoms with Gasteiger partial charge in [0.05, 0.1) is 11.2 Å². The predicted octanol–water partition coefficient (Wildman–Crippen LogP) is 0.227. The molecule has 2 aromatic rings. The van der Waals surface area contributed by atoms with Gasteiger partial charge in [0, 0.05) is 43.8 Å². The maximum absolute atomic E-state index is 14.9. The van der Waals surface area contributed by atoms with E-state index >= 15 is 0 Å². The average molecular weight is 390 g/mol. The lowest BCUT2D eigenvalue weighted by atomic mass is 10.1. The van der Waals surface area contributed by atoms with Gasteiger partial charge in [-0.2, -0.15) is 0 Å². The van der Waals surface area contributed by atoms with Crippen LogP contribution in [0.1, 0.15) is 29.2 Å². The Labute approximate surface area is 160 Å². The minimum Gasteiger partial charge on any atom is -0.376 e. The molecular formula is C19H23FN4O4. The molecule has 8 nitrogen and oxygen atoms in total. The number of hydrogen-bond acceptors (Lipinski definition) is 6. The van der Waals surface area contributed by atoms with Crippen LogP contribution in [0.5, 0.6) is 0 Å². The molecule has 9 heteroatoms. The fraction of sp³-hybridized carbons (Fsp3) is 0.474. The van der Waals surface area contributed by atoms with Crippen LogP contribution in [-0.4, -0.2) is 65.2 Å². The van der Waals surface area contributed by atoms with Gasteiger partial charge >= 0.3 is 0 Å². The van der Waals surface area contributed by atoms with E-state index in [2.05, 4.69) is 5.32 Å². The summed E-state index contributed by atoms with van der Waals surface area (Å²) in [6, 6.07) is 3.04. The van der Waals surface area contributed by atoms with E-state index in [9.17, 15) is 24.2 Å². The molecule has 0 unspecified atom stereocenters. The molecule has 4 rings (SSSR count). The number of anilines is 1. The molecule has 1 saturated carbocycles. The number of amides is 1. The second-order valence-corrected chi connectivity index (χ2v) is 7.20. The first-order valence-corrected chi connectivity index (χ1v) is 9.40. The van der Waals surface area contributed by atoms with Crippen molar-refractivity contribution in [3.63, 3.8) is 0 Å². The zero-order chi connectivity index (χ0) is 19.8. The Morgan fingerprint density at radius 2 is 1.89 bits per heavy atom. The van der Waals surface area contributed by atoms with Crippen LogP contribution in [0.3, 0.4) is 0 Å². The zero-order valence-corrected chi connectivity index (χ0v) is 15.4. The molecule has 3 N–H and O–H groups in total. The Morgan fingerprint density at radius 3 is 2.50 bits per heavy atom. The monoisotopic (exact) mass is 390 g/mol. The second-order valence-electron chi connectivity index (χ2n) is 7.20. The maximum atomic E-state index is 14.9. The summed E-state index contributed by atoms with van der Waals surface area (Å²) in [5, 5.41) is 21.8. The quantitative estimate of drug-likeness (QED) is 0.633. The number of aliphatic hydroxyl groups is 2. The number of aliphatic hydroxyl groups excluding tert-OH is 2. The lowest BCUT2D eigenvalue weighted by Gasteiger charge is -2.30. The van der Waals surface area contributed by atoms with E-state index in [1.807, 2.05) is 9.47 Å².